The largest absolute Gasteiger partial charge is 0.351 e. The van der Waals surface area contributed by atoms with Gasteiger partial charge in [0, 0.05) is 19.3 Å². The lowest BCUT2D eigenvalue weighted by Gasteiger charge is -2.10. The molecule has 1 aromatic heterocycles. The molecule has 0 atom stereocenters. The molecule has 0 aliphatic carbocycles. The topological polar surface area (TPSA) is 66.9 Å². The van der Waals surface area contributed by atoms with Crippen LogP contribution in [0.4, 0.5) is 0 Å². The van der Waals surface area contributed by atoms with Crippen LogP contribution in [0.15, 0.2) is 12.5 Å². The van der Waals surface area contributed by atoms with Gasteiger partial charge >= 0.3 is 0 Å². The zero-order chi connectivity index (χ0) is 12.0. The molecule has 0 saturated heterocycles. The van der Waals surface area contributed by atoms with Crippen LogP contribution in [0.25, 0.3) is 0 Å². The summed E-state index contributed by atoms with van der Waals surface area (Å²) < 4.78 is 0. The van der Waals surface area contributed by atoms with E-state index in [1.807, 2.05) is 20.9 Å². The number of likely N-dealkylation sites (N-methyl/N-ethyl adjacent to an activating group) is 1. The van der Waals surface area contributed by atoms with Crippen molar-refractivity contribution in [3.63, 3.8) is 0 Å². The fourth-order valence-corrected chi connectivity index (χ4v) is 1.37. The molecule has 1 aromatic rings. The molecule has 5 nitrogen and oxygen atoms in total. The molecule has 0 radical (unpaired) electrons. The van der Waals surface area contributed by atoms with E-state index in [9.17, 15) is 4.79 Å². The second-order valence-corrected chi connectivity index (χ2v) is 3.84. The van der Waals surface area contributed by atoms with E-state index in [4.69, 9.17) is 0 Å². The number of nitrogens with one attached hydrogen (secondary N) is 2. The lowest BCUT2D eigenvalue weighted by Crippen LogP contribution is -2.31. The lowest BCUT2D eigenvalue weighted by atomic mass is 10.0. The fourth-order valence-electron chi connectivity index (χ4n) is 1.37. The molecular weight excluding hydrogens is 240 g/mol. The van der Waals surface area contributed by atoms with E-state index in [-0.39, 0.29) is 24.2 Å². The summed E-state index contributed by atoms with van der Waals surface area (Å²) in [6, 6.07) is 0. The Hall–Kier alpha value is -1.20. The van der Waals surface area contributed by atoms with Crippen LogP contribution >= 0.6 is 12.4 Å². The Balaban J connectivity index is 0.00000256. The van der Waals surface area contributed by atoms with E-state index in [0.29, 0.717) is 12.1 Å². The SMILES string of the molecule is CNCCNC(=O)c1cncnc1C(C)C.Cl. The highest BCUT2D eigenvalue weighted by Crippen LogP contribution is 2.14. The van der Waals surface area contributed by atoms with Gasteiger partial charge in [-0.15, -0.1) is 12.4 Å². The van der Waals surface area contributed by atoms with Gasteiger partial charge in [-0.3, -0.25) is 4.79 Å². The number of halogens is 1. The van der Waals surface area contributed by atoms with Crippen molar-refractivity contribution in [2.24, 2.45) is 0 Å². The van der Waals surface area contributed by atoms with Crippen LogP contribution in [0.2, 0.25) is 0 Å². The van der Waals surface area contributed by atoms with Crippen molar-refractivity contribution in [3.8, 4) is 0 Å². The molecule has 1 rings (SSSR count). The summed E-state index contributed by atoms with van der Waals surface area (Å²) in [6.07, 6.45) is 3.04. The molecule has 0 bridgehead atoms. The van der Waals surface area contributed by atoms with E-state index in [1.54, 1.807) is 6.20 Å². The van der Waals surface area contributed by atoms with Crippen LogP contribution in [0.3, 0.4) is 0 Å². The maximum atomic E-state index is 11.8. The number of hydrogen-bond acceptors (Lipinski definition) is 4. The van der Waals surface area contributed by atoms with Gasteiger partial charge in [0.1, 0.15) is 6.33 Å². The number of aromatic nitrogens is 2. The first-order chi connectivity index (χ1) is 7.66. The maximum absolute atomic E-state index is 11.8. The molecule has 0 aliphatic heterocycles. The molecule has 17 heavy (non-hydrogen) atoms. The van der Waals surface area contributed by atoms with Crippen LogP contribution in [-0.2, 0) is 0 Å². The Morgan fingerprint density at radius 3 is 2.71 bits per heavy atom. The molecule has 2 N–H and O–H groups in total. The van der Waals surface area contributed by atoms with Crippen LogP contribution in [0, 0.1) is 0 Å². The van der Waals surface area contributed by atoms with E-state index >= 15 is 0 Å². The first kappa shape index (κ1) is 15.8. The Labute approximate surface area is 108 Å². The number of carbonyl (C=O) groups excluding carboxylic acids is 1. The van der Waals surface area contributed by atoms with Crippen LogP contribution in [0.5, 0.6) is 0 Å². The average molecular weight is 259 g/mol. The summed E-state index contributed by atoms with van der Waals surface area (Å²) in [5.41, 5.74) is 1.35. The first-order valence-corrected chi connectivity index (χ1v) is 5.39. The molecular formula is C11H19ClN4O. The summed E-state index contributed by atoms with van der Waals surface area (Å²) in [4.78, 5) is 19.9. The van der Waals surface area contributed by atoms with Crippen LogP contribution < -0.4 is 10.6 Å². The van der Waals surface area contributed by atoms with E-state index in [1.165, 1.54) is 6.33 Å². The number of amides is 1. The standard InChI is InChI=1S/C11H18N4O.ClH/c1-8(2)10-9(6-13-7-15-10)11(16)14-5-4-12-3;/h6-8,12H,4-5H2,1-3H3,(H,14,16);1H. The van der Waals surface area contributed by atoms with Gasteiger partial charge in [-0.05, 0) is 13.0 Å². The van der Waals surface area contributed by atoms with Crippen LogP contribution in [0.1, 0.15) is 35.8 Å². The predicted molar refractivity (Wildman–Crippen MR) is 69.6 cm³/mol. The lowest BCUT2D eigenvalue weighted by molar-refractivity contribution is 0.0952. The molecule has 0 spiro atoms. The second-order valence-electron chi connectivity index (χ2n) is 3.84. The minimum atomic E-state index is -0.112. The Kier molecular flexibility index (Phi) is 7.41. The van der Waals surface area contributed by atoms with Gasteiger partial charge < -0.3 is 10.6 Å². The molecule has 0 fully saturated rings. The van der Waals surface area contributed by atoms with Gasteiger partial charge in [-0.25, -0.2) is 9.97 Å². The molecule has 0 unspecified atom stereocenters. The minimum Gasteiger partial charge on any atom is -0.351 e. The maximum Gasteiger partial charge on any atom is 0.254 e. The summed E-state index contributed by atoms with van der Waals surface area (Å²) >= 11 is 0. The van der Waals surface area contributed by atoms with Crippen molar-refractivity contribution in [2.45, 2.75) is 19.8 Å². The zero-order valence-corrected chi connectivity index (χ0v) is 11.2. The van der Waals surface area contributed by atoms with Gasteiger partial charge in [0.15, 0.2) is 0 Å². The summed E-state index contributed by atoms with van der Waals surface area (Å²) in [5.74, 6) is 0.104. The third kappa shape index (κ3) is 4.66. The summed E-state index contributed by atoms with van der Waals surface area (Å²) in [7, 11) is 1.84. The Morgan fingerprint density at radius 2 is 2.12 bits per heavy atom. The predicted octanol–water partition coefficient (Wildman–Crippen LogP) is 0.971. The normalized spacial score (nSPS) is 9.88. The highest BCUT2D eigenvalue weighted by molar-refractivity contribution is 5.95. The van der Waals surface area contributed by atoms with E-state index in [0.717, 1.165) is 12.2 Å². The van der Waals surface area contributed by atoms with Crippen molar-refractivity contribution >= 4 is 18.3 Å². The number of carbonyl (C=O) groups is 1. The van der Waals surface area contributed by atoms with Gasteiger partial charge in [-0.1, -0.05) is 13.8 Å². The monoisotopic (exact) mass is 258 g/mol. The summed E-state index contributed by atoms with van der Waals surface area (Å²) in [6.45, 7) is 5.36. The van der Waals surface area contributed by atoms with Gasteiger partial charge in [0.05, 0.1) is 11.3 Å². The molecule has 1 amide bonds. The van der Waals surface area contributed by atoms with Crippen molar-refractivity contribution in [1.82, 2.24) is 20.6 Å². The third-order valence-corrected chi connectivity index (χ3v) is 2.20. The molecule has 1 heterocycles. The Morgan fingerprint density at radius 1 is 1.41 bits per heavy atom. The Bertz CT molecular complexity index is 357. The third-order valence-electron chi connectivity index (χ3n) is 2.20. The number of rotatable bonds is 5. The van der Waals surface area contributed by atoms with Crippen LogP contribution in [-0.4, -0.2) is 36.0 Å². The fraction of sp³-hybridized carbons (Fsp3) is 0.545. The number of nitrogens with zero attached hydrogens (tertiary/aromatic N) is 2. The molecule has 6 heteroatoms. The second kappa shape index (κ2) is 7.97. The highest BCUT2D eigenvalue weighted by atomic mass is 35.5. The van der Waals surface area contributed by atoms with Crippen molar-refractivity contribution < 1.29 is 4.79 Å². The van der Waals surface area contributed by atoms with Gasteiger partial charge in [-0.2, -0.15) is 0 Å². The van der Waals surface area contributed by atoms with Crippen molar-refractivity contribution in [3.05, 3.63) is 23.8 Å². The van der Waals surface area contributed by atoms with Gasteiger partial charge in [0.2, 0.25) is 0 Å². The smallest absolute Gasteiger partial charge is 0.254 e. The first-order valence-electron chi connectivity index (χ1n) is 5.39. The van der Waals surface area contributed by atoms with Crippen molar-refractivity contribution in [1.29, 1.82) is 0 Å². The highest BCUT2D eigenvalue weighted by Gasteiger charge is 2.14. The minimum absolute atomic E-state index is 0. The molecule has 0 aliphatic rings. The number of hydrogen-bond donors (Lipinski definition) is 2. The van der Waals surface area contributed by atoms with Gasteiger partial charge in [0.25, 0.3) is 5.91 Å². The molecule has 0 saturated carbocycles. The quantitative estimate of drug-likeness (QED) is 0.773. The molecule has 96 valence electrons. The zero-order valence-electron chi connectivity index (χ0n) is 10.4. The molecule has 0 aromatic carbocycles. The van der Waals surface area contributed by atoms with Crippen molar-refractivity contribution in [2.75, 3.05) is 20.1 Å². The van der Waals surface area contributed by atoms with E-state index in [2.05, 4.69) is 20.6 Å². The average Bonchev–Trinajstić information content (AvgIpc) is 2.29. The van der Waals surface area contributed by atoms with E-state index < -0.39 is 0 Å². The summed E-state index contributed by atoms with van der Waals surface area (Å²) in [5, 5.41) is 5.78.